The van der Waals surface area contributed by atoms with E-state index in [0.717, 1.165) is 49.1 Å². The first-order chi connectivity index (χ1) is 11.2. The lowest BCUT2D eigenvalue weighted by Crippen LogP contribution is -2.38. The highest BCUT2D eigenvalue weighted by atomic mass is 127. The number of aromatic nitrogens is 2. The van der Waals surface area contributed by atoms with Gasteiger partial charge in [-0.15, -0.1) is 24.0 Å². The van der Waals surface area contributed by atoms with Crippen LogP contribution in [0.2, 0.25) is 5.02 Å². The molecule has 0 bridgehead atoms. The molecule has 0 saturated carbocycles. The van der Waals surface area contributed by atoms with E-state index in [2.05, 4.69) is 27.2 Å². The third kappa shape index (κ3) is 6.68. The van der Waals surface area contributed by atoms with E-state index >= 15 is 0 Å². The summed E-state index contributed by atoms with van der Waals surface area (Å²) < 4.78 is 1.93. The van der Waals surface area contributed by atoms with Gasteiger partial charge in [-0.05, 0) is 31.0 Å². The molecule has 1 N–H and O–H groups in total. The molecule has 5 nitrogen and oxygen atoms in total. The van der Waals surface area contributed by atoms with Crippen molar-refractivity contribution in [2.45, 2.75) is 26.4 Å². The van der Waals surface area contributed by atoms with Crippen LogP contribution in [0.1, 0.15) is 18.9 Å². The number of benzene rings is 1. The highest BCUT2D eigenvalue weighted by molar-refractivity contribution is 14.0. The number of halogens is 2. The normalized spacial score (nSPS) is 11.0. The number of aryl methyl sites for hydroxylation is 1. The van der Waals surface area contributed by atoms with Crippen LogP contribution in [0.5, 0.6) is 0 Å². The van der Waals surface area contributed by atoms with Gasteiger partial charge in [-0.3, -0.25) is 9.67 Å². The zero-order valence-corrected chi connectivity index (χ0v) is 17.2. The van der Waals surface area contributed by atoms with Crippen molar-refractivity contribution in [2.75, 3.05) is 20.1 Å². The van der Waals surface area contributed by atoms with Gasteiger partial charge >= 0.3 is 0 Å². The molecule has 2 aromatic rings. The Kier molecular flexibility index (Phi) is 9.78. The number of rotatable bonds is 7. The summed E-state index contributed by atoms with van der Waals surface area (Å²) in [5.74, 6) is 0.896. The van der Waals surface area contributed by atoms with Gasteiger partial charge in [0, 0.05) is 50.6 Å². The molecule has 0 aliphatic carbocycles. The van der Waals surface area contributed by atoms with E-state index < -0.39 is 0 Å². The molecule has 2 rings (SSSR count). The second-order valence-electron chi connectivity index (χ2n) is 5.31. The second kappa shape index (κ2) is 11.3. The predicted molar refractivity (Wildman–Crippen MR) is 111 cm³/mol. The van der Waals surface area contributed by atoms with Crippen LogP contribution in [0.4, 0.5) is 0 Å². The van der Waals surface area contributed by atoms with E-state index in [9.17, 15) is 0 Å². The molecule has 132 valence electrons. The first-order valence-electron chi connectivity index (χ1n) is 7.91. The van der Waals surface area contributed by atoms with Crippen LogP contribution in [0.25, 0.3) is 0 Å². The Labute approximate surface area is 166 Å². The smallest absolute Gasteiger partial charge is 0.193 e. The van der Waals surface area contributed by atoms with Crippen molar-refractivity contribution < 1.29 is 0 Å². The fourth-order valence-corrected chi connectivity index (χ4v) is 2.47. The van der Waals surface area contributed by atoms with E-state index in [-0.39, 0.29) is 24.0 Å². The average molecular weight is 462 g/mol. The SMILES string of the molecule is CCNC(=NCCCn1cccn1)N(C)Cc1ccccc1Cl.I. The highest BCUT2D eigenvalue weighted by Gasteiger charge is 2.08. The molecule has 0 atom stereocenters. The number of hydrogen-bond acceptors (Lipinski definition) is 2. The van der Waals surface area contributed by atoms with Gasteiger partial charge in [0.1, 0.15) is 0 Å². The Morgan fingerprint density at radius 1 is 1.33 bits per heavy atom. The maximum Gasteiger partial charge on any atom is 0.193 e. The number of aliphatic imine (C=N–C) groups is 1. The molecule has 1 aromatic carbocycles. The van der Waals surface area contributed by atoms with Crippen molar-refractivity contribution in [1.29, 1.82) is 0 Å². The summed E-state index contributed by atoms with van der Waals surface area (Å²) in [6.07, 6.45) is 4.72. The highest BCUT2D eigenvalue weighted by Crippen LogP contribution is 2.16. The standard InChI is InChI=1S/C17H24ClN5.HI/c1-3-19-17(20-10-6-12-23-13-7-11-21-23)22(2)14-15-8-4-5-9-16(15)18;/h4-5,7-9,11,13H,3,6,10,12,14H2,1-2H3,(H,19,20);1H. The fourth-order valence-electron chi connectivity index (χ4n) is 2.28. The summed E-state index contributed by atoms with van der Waals surface area (Å²) in [5, 5.41) is 8.31. The van der Waals surface area contributed by atoms with Crippen LogP contribution in [0, 0.1) is 0 Å². The monoisotopic (exact) mass is 461 g/mol. The van der Waals surface area contributed by atoms with Crippen LogP contribution in [-0.2, 0) is 13.1 Å². The van der Waals surface area contributed by atoms with Crippen LogP contribution in [0.3, 0.4) is 0 Å². The van der Waals surface area contributed by atoms with Gasteiger partial charge in [0.15, 0.2) is 5.96 Å². The molecule has 1 aromatic heterocycles. The third-order valence-corrected chi connectivity index (χ3v) is 3.80. The first-order valence-corrected chi connectivity index (χ1v) is 8.28. The summed E-state index contributed by atoms with van der Waals surface area (Å²) in [6, 6.07) is 9.84. The molecule has 0 unspecified atom stereocenters. The lowest BCUT2D eigenvalue weighted by Gasteiger charge is -2.22. The van der Waals surface area contributed by atoms with Crippen molar-refractivity contribution in [3.8, 4) is 0 Å². The van der Waals surface area contributed by atoms with Gasteiger partial charge in [0.25, 0.3) is 0 Å². The van der Waals surface area contributed by atoms with Crippen LogP contribution in [-0.4, -0.2) is 40.8 Å². The average Bonchev–Trinajstić information content (AvgIpc) is 3.06. The van der Waals surface area contributed by atoms with Crippen molar-refractivity contribution >= 4 is 41.5 Å². The Bertz CT molecular complexity index is 615. The quantitative estimate of drug-likeness (QED) is 0.296. The molecule has 0 spiro atoms. The fraction of sp³-hybridized carbons (Fsp3) is 0.412. The first kappa shape index (κ1) is 20.8. The van der Waals surface area contributed by atoms with Gasteiger partial charge in [-0.25, -0.2) is 0 Å². The molecule has 24 heavy (non-hydrogen) atoms. The molecule has 0 aliphatic rings. The van der Waals surface area contributed by atoms with E-state index in [4.69, 9.17) is 11.6 Å². The van der Waals surface area contributed by atoms with Gasteiger partial charge in [-0.2, -0.15) is 5.10 Å². The number of nitrogens with one attached hydrogen (secondary N) is 1. The van der Waals surface area contributed by atoms with Crippen molar-refractivity contribution in [1.82, 2.24) is 20.0 Å². The zero-order chi connectivity index (χ0) is 16.5. The summed E-state index contributed by atoms with van der Waals surface area (Å²) in [6.45, 7) is 5.28. The van der Waals surface area contributed by atoms with Gasteiger partial charge in [0.05, 0.1) is 0 Å². The molecule has 0 aliphatic heterocycles. The Balaban J connectivity index is 0.00000288. The second-order valence-corrected chi connectivity index (χ2v) is 5.71. The minimum Gasteiger partial charge on any atom is -0.357 e. The largest absolute Gasteiger partial charge is 0.357 e. The molecule has 7 heteroatoms. The summed E-state index contributed by atoms with van der Waals surface area (Å²) >= 11 is 6.24. The summed E-state index contributed by atoms with van der Waals surface area (Å²) in [5.41, 5.74) is 1.10. The molecule has 0 amide bonds. The van der Waals surface area contributed by atoms with E-state index in [0.29, 0.717) is 0 Å². The maximum absolute atomic E-state index is 6.24. The predicted octanol–water partition coefficient (Wildman–Crippen LogP) is 3.64. The van der Waals surface area contributed by atoms with Crippen LogP contribution in [0.15, 0.2) is 47.7 Å². The molecule has 0 fully saturated rings. The maximum atomic E-state index is 6.24. The topological polar surface area (TPSA) is 45.5 Å². The lowest BCUT2D eigenvalue weighted by molar-refractivity contribution is 0.475. The number of nitrogens with zero attached hydrogens (tertiary/aromatic N) is 4. The summed E-state index contributed by atoms with van der Waals surface area (Å²) in [7, 11) is 2.03. The van der Waals surface area contributed by atoms with Gasteiger partial charge < -0.3 is 10.2 Å². The molecule has 1 heterocycles. The Morgan fingerprint density at radius 2 is 2.12 bits per heavy atom. The molecule has 0 radical (unpaired) electrons. The van der Waals surface area contributed by atoms with Gasteiger partial charge in [-0.1, -0.05) is 29.8 Å². The minimum atomic E-state index is 0. The van der Waals surface area contributed by atoms with Gasteiger partial charge in [0.2, 0.25) is 0 Å². The van der Waals surface area contributed by atoms with Crippen molar-refractivity contribution in [2.24, 2.45) is 4.99 Å². The Hall–Kier alpha value is -1.28. The Morgan fingerprint density at radius 3 is 2.79 bits per heavy atom. The minimum absolute atomic E-state index is 0. The molecular formula is C17H25ClIN5. The molecular weight excluding hydrogens is 437 g/mol. The summed E-state index contributed by atoms with van der Waals surface area (Å²) in [4.78, 5) is 6.78. The van der Waals surface area contributed by atoms with E-state index in [1.807, 2.05) is 48.3 Å². The number of guanidine groups is 1. The zero-order valence-electron chi connectivity index (χ0n) is 14.2. The third-order valence-electron chi connectivity index (χ3n) is 3.43. The molecule has 0 saturated heterocycles. The van der Waals surface area contributed by atoms with Crippen LogP contribution < -0.4 is 5.32 Å². The van der Waals surface area contributed by atoms with Crippen LogP contribution >= 0.6 is 35.6 Å². The number of hydrogen-bond donors (Lipinski definition) is 1. The van der Waals surface area contributed by atoms with E-state index in [1.165, 1.54) is 0 Å². The van der Waals surface area contributed by atoms with E-state index in [1.54, 1.807) is 6.20 Å². The lowest BCUT2D eigenvalue weighted by atomic mass is 10.2. The van der Waals surface area contributed by atoms with Crippen molar-refractivity contribution in [3.05, 3.63) is 53.3 Å². The van der Waals surface area contributed by atoms with Crippen molar-refractivity contribution in [3.63, 3.8) is 0 Å².